The molecule has 1 fully saturated rings. The van der Waals surface area contributed by atoms with E-state index in [1.807, 2.05) is 43.6 Å². The third kappa shape index (κ3) is 3.88. The highest BCUT2D eigenvalue weighted by molar-refractivity contribution is 6.30. The number of benzene rings is 2. The van der Waals surface area contributed by atoms with E-state index < -0.39 is 0 Å². The Balaban J connectivity index is 1.43. The largest absolute Gasteiger partial charge is 0.368 e. The Kier molecular flexibility index (Phi) is 5.11. The minimum absolute atomic E-state index is 0.720. The summed E-state index contributed by atoms with van der Waals surface area (Å²) in [6.07, 6.45) is 1.82. The van der Waals surface area contributed by atoms with Gasteiger partial charge in [-0.15, -0.1) is 0 Å². The maximum absolute atomic E-state index is 6.17. The van der Waals surface area contributed by atoms with Crippen LogP contribution in [0.15, 0.2) is 54.7 Å². The Hall–Kier alpha value is -3.32. The molecule has 1 saturated heterocycles. The van der Waals surface area contributed by atoms with Crippen molar-refractivity contribution >= 4 is 45.8 Å². The minimum Gasteiger partial charge on any atom is -0.368 e. The van der Waals surface area contributed by atoms with Crippen molar-refractivity contribution in [2.24, 2.45) is 7.05 Å². The summed E-state index contributed by atoms with van der Waals surface area (Å²) >= 11 is 6.17. The lowest BCUT2D eigenvalue weighted by Crippen LogP contribution is -2.47. The first kappa shape index (κ1) is 19.6. The van der Waals surface area contributed by atoms with Crippen molar-refractivity contribution in [1.29, 1.82) is 0 Å². The van der Waals surface area contributed by atoms with Crippen LogP contribution in [0.5, 0.6) is 0 Å². The van der Waals surface area contributed by atoms with Crippen LogP contribution in [-0.4, -0.2) is 45.9 Å². The van der Waals surface area contributed by atoms with Gasteiger partial charge in [0.15, 0.2) is 5.65 Å². The predicted molar refractivity (Wildman–Crippen MR) is 127 cm³/mol. The van der Waals surface area contributed by atoms with Gasteiger partial charge < -0.3 is 15.1 Å². The van der Waals surface area contributed by atoms with Crippen LogP contribution in [0.4, 0.5) is 23.1 Å². The van der Waals surface area contributed by atoms with Gasteiger partial charge >= 0.3 is 0 Å². The SMILES string of the molecule is Cc1ccccc1Nc1nc(N2CCN(c3cccc(Cl)c3)CC2)nc2c1cnn2C. The molecule has 0 radical (unpaired) electrons. The zero-order valence-electron chi connectivity index (χ0n) is 17.6. The Morgan fingerprint density at radius 2 is 1.71 bits per heavy atom. The van der Waals surface area contributed by atoms with Gasteiger partial charge in [-0.25, -0.2) is 0 Å². The molecule has 8 heteroatoms. The molecule has 1 aliphatic rings. The van der Waals surface area contributed by atoms with Crippen LogP contribution in [-0.2, 0) is 7.05 Å². The van der Waals surface area contributed by atoms with E-state index in [2.05, 4.69) is 45.3 Å². The maximum atomic E-state index is 6.17. The highest BCUT2D eigenvalue weighted by Gasteiger charge is 2.22. The number of halogens is 1. The Labute approximate surface area is 186 Å². The van der Waals surface area contributed by atoms with E-state index in [1.54, 1.807) is 4.68 Å². The molecule has 0 spiro atoms. The summed E-state index contributed by atoms with van der Waals surface area (Å²) in [6.45, 7) is 5.51. The molecule has 1 N–H and O–H groups in total. The minimum atomic E-state index is 0.720. The molecule has 1 aliphatic heterocycles. The lowest BCUT2D eigenvalue weighted by Gasteiger charge is -2.36. The monoisotopic (exact) mass is 433 g/mol. The summed E-state index contributed by atoms with van der Waals surface area (Å²) in [5, 5.41) is 9.56. The normalized spacial score (nSPS) is 14.3. The van der Waals surface area contributed by atoms with Crippen molar-refractivity contribution in [3.63, 3.8) is 0 Å². The van der Waals surface area contributed by atoms with E-state index in [9.17, 15) is 0 Å². The van der Waals surface area contributed by atoms with Crippen LogP contribution in [0.25, 0.3) is 11.0 Å². The van der Waals surface area contributed by atoms with Gasteiger partial charge in [-0.3, -0.25) is 4.68 Å². The molecular formula is C23H24ClN7. The van der Waals surface area contributed by atoms with Crippen LogP contribution >= 0.6 is 11.6 Å². The van der Waals surface area contributed by atoms with Crippen LogP contribution in [0.3, 0.4) is 0 Å². The second kappa shape index (κ2) is 8.07. The molecule has 158 valence electrons. The van der Waals surface area contributed by atoms with Crippen molar-refractivity contribution in [2.75, 3.05) is 41.3 Å². The fourth-order valence-corrected chi connectivity index (χ4v) is 4.11. The smallest absolute Gasteiger partial charge is 0.229 e. The van der Waals surface area contributed by atoms with E-state index in [0.29, 0.717) is 0 Å². The third-order valence-corrected chi connectivity index (χ3v) is 5.95. The quantitative estimate of drug-likeness (QED) is 0.515. The number of para-hydroxylation sites is 1. The third-order valence-electron chi connectivity index (χ3n) is 5.71. The highest BCUT2D eigenvalue weighted by Crippen LogP contribution is 2.28. The van der Waals surface area contributed by atoms with Gasteiger partial charge in [0, 0.05) is 49.6 Å². The number of hydrogen-bond acceptors (Lipinski definition) is 6. The first-order chi connectivity index (χ1) is 15.1. The van der Waals surface area contributed by atoms with Crippen molar-refractivity contribution in [3.8, 4) is 0 Å². The molecule has 4 aromatic rings. The van der Waals surface area contributed by atoms with Crippen molar-refractivity contribution in [3.05, 3.63) is 65.3 Å². The average Bonchev–Trinajstić information content (AvgIpc) is 3.16. The second-order valence-corrected chi connectivity index (χ2v) is 8.21. The number of hydrogen-bond donors (Lipinski definition) is 1. The van der Waals surface area contributed by atoms with Crippen LogP contribution < -0.4 is 15.1 Å². The molecule has 2 aromatic heterocycles. The number of nitrogens with zero attached hydrogens (tertiary/aromatic N) is 6. The van der Waals surface area contributed by atoms with E-state index >= 15 is 0 Å². The predicted octanol–water partition coefficient (Wildman–Crippen LogP) is 4.40. The van der Waals surface area contributed by atoms with E-state index in [1.165, 1.54) is 0 Å². The number of fused-ring (bicyclic) bond motifs is 1. The summed E-state index contributed by atoms with van der Waals surface area (Å²) in [5.74, 6) is 1.50. The van der Waals surface area contributed by atoms with Crippen molar-refractivity contribution < 1.29 is 0 Å². The van der Waals surface area contributed by atoms with Crippen LogP contribution in [0, 0.1) is 6.92 Å². The summed E-state index contributed by atoms with van der Waals surface area (Å²) in [5.41, 5.74) is 4.16. The Bertz CT molecular complexity index is 1230. The van der Waals surface area contributed by atoms with E-state index in [0.717, 1.165) is 70.9 Å². The molecule has 0 unspecified atom stereocenters. The second-order valence-electron chi connectivity index (χ2n) is 7.77. The van der Waals surface area contributed by atoms with Gasteiger partial charge in [-0.1, -0.05) is 35.9 Å². The van der Waals surface area contributed by atoms with Gasteiger partial charge in [0.1, 0.15) is 5.82 Å². The zero-order valence-corrected chi connectivity index (χ0v) is 18.3. The van der Waals surface area contributed by atoms with Gasteiger partial charge in [0.2, 0.25) is 5.95 Å². The number of aromatic nitrogens is 4. The highest BCUT2D eigenvalue weighted by atomic mass is 35.5. The van der Waals surface area contributed by atoms with E-state index in [4.69, 9.17) is 21.6 Å². The lowest BCUT2D eigenvalue weighted by molar-refractivity contribution is 0.640. The van der Waals surface area contributed by atoms with Crippen LogP contribution in [0.2, 0.25) is 5.02 Å². The number of rotatable bonds is 4. The van der Waals surface area contributed by atoms with Crippen LogP contribution in [0.1, 0.15) is 5.56 Å². The summed E-state index contributed by atoms with van der Waals surface area (Å²) in [4.78, 5) is 14.3. The molecule has 0 aliphatic carbocycles. The molecule has 5 rings (SSSR count). The number of anilines is 4. The van der Waals surface area contributed by atoms with Gasteiger partial charge in [-0.05, 0) is 36.8 Å². The molecular weight excluding hydrogens is 410 g/mol. The molecule has 0 atom stereocenters. The molecule has 3 heterocycles. The Morgan fingerprint density at radius 1 is 0.935 bits per heavy atom. The lowest BCUT2D eigenvalue weighted by atomic mass is 10.2. The van der Waals surface area contributed by atoms with E-state index in [-0.39, 0.29) is 0 Å². The number of aryl methyl sites for hydroxylation is 2. The number of nitrogens with one attached hydrogen (secondary N) is 1. The van der Waals surface area contributed by atoms with Crippen molar-refractivity contribution in [2.45, 2.75) is 6.92 Å². The van der Waals surface area contributed by atoms with Gasteiger partial charge in [0.05, 0.1) is 11.6 Å². The average molecular weight is 434 g/mol. The fraction of sp³-hybridized carbons (Fsp3) is 0.261. The first-order valence-corrected chi connectivity index (χ1v) is 10.7. The molecule has 0 bridgehead atoms. The maximum Gasteiger partial charge on any atom is 0.229 e. The molecule has 31 heavy (non-hydrogen) atoms. The molecule has 0 saturated carbocycles. The van der Waals surface area contributed by atoms with Crippen molar-refractivity contribution in [1.82, 2.24) is 19.7 Å². The first-order valence-electron chi connectivity index (χ1n) is 10.4. The molecule has 7 nitrogen and oxygen atoms in total. The Morgan fingerprint density at radius 3 is 2.48 bits per heavy atom. The topological polar surface area (TPSA) is 62.1 Å². The summed E-state index contributed by atoms with van der Waals surface area (Å²) < 4.78 is 1.80. The molecule has 2 aromatic carbocycles. The summed E-state index contributed by atoms with van der Waals surface area (Å²) in [7, 11) is 1.91. The van der Waals surface area contributed by atoms with Gasteiger partial charge in [-0.2, -0.15) is 15.1 Å². The zero-order chi connectivity index (χ0) is 21.4. The fourth-order valence-electron chi connectivity index (χ4n) is 3.93. The summed E-state index contributed by atoms with van der Waals surface area (Å²) in [6, 6.07) is 16.2. The number of piperazine rings is 1. The van der Waals surface area contributed by atoms with Gasteiger partial charge in [0.25, 0.3) is 0 Å². The molecule has 0 amide bonds. The standard InChI is InChI=1S/C23H24ClN7/c1-16-6-3-4-9-20(16)26-21-19-15-25-29(2)22(19)28-23(27-21)31-12-10-30(11-13-31)18-8-5-7-17(24)14-18/h3-9,14-15H,10-13H2,1-2H3,(H,26,27,28).